The zero-order chi connectivity index (χ0) is 14.6. The van der Waals surface area contributed by atoms with Crippen molar-refractivity contribution in [2.75, 3.05) is 13.1 Å². The number of phenols is 1. The average molecular weight is 277 g/mol. The first-order chi connectivity index (χ1) is 9.55. The molecule has 1 aromatic carbocycles. The van der Waals surface area contributed by atoms with Crippen LogP contribution < -0.4 is 0 Å². The molecule has 1 heterocycles. The van der Waals surface area contributed by atoms with Crippen LogP contribution in [0.4, 0.5) is 0 Å². The maximum absolute atomic E-state index is 11.5. The number of carbonyl (C=O) groups is 1. The Morgan fingerprint density at radius 3 is 2.35 bits per heavy atom. The molecule has 110 valence electrons. The van der Waals surface area contributed by atoms with E-state index >= 15 is 0 Å². The highest BCUT2D eigenvalue weighted by Crippen LogP contribution is 2.36. The van der Waals surface area contributed by atoms with E-state index in [1.54, 1.807) is 12.1 Å². The van der Waals surface area contributed by atoms with E-state index in [0.29, 0.717) is 0 Å². The van der Waals surface area contributed by atoms with Crippen LogP contribution in [0.1, 0.15) is 38.2 Å². The van der Waals surface area contributed by atoms with Gasteiger partial charge in [0, 0.05) is 6.54 Å². The van der Waals surface area contributed by atoms with Gasteiger partial charge in [-0.3, -0.25) is 9.69 Å². The normalized spacial score (nSPS) is 18.9. The van der Waals surface area contributed by atoms with Crippen LogP contribution >= 0.6 is 0 Å². The average Bonchev–Trinajstić information content (AvgIpc) is 2.44. The van der Waals surface area contributed by atoms with Crippen molar-refractivity contribution in [3.8, 4) is 5.75 Å². The molecule has 4 nitrogen and oxygen atoms in total. The highest BCUT2D eigenvalue weighted by Gasteiger charge is 2.40. The number of hydrogen-bond donors (Lipinski definition) is 2. The van der Waals surface area contributed by atoms with Crippen LogP contribution in [0.3, 0.4) is 0 Å². The SMILES string of the molecule is CCCC1(C(=O)O)CCN(Cc2ccc(O)cc2)CC1. The fourth-order valence-corrected chi connectivity index (χ4v) is 3.05. The fourth-order valence-electron chi connectivity index (χ4n) is 3.05. The molecule has 2 N–H and O–H groups in total. The summed E-state index contributed by atoms with van der Waals surface area (Å²) in [6.07, 6.45) is 3.15. The molecule has 2 rings (SSSR count). The minimum Gasteiger partial charge on any atom is -0.508 e. The summed E-state index contributed by atoms with van der Waals surface area (Å²) in [7, 11) is 0. The van der Waals surface area contributed by atoms with Gasteiger partial charge in [0.15, 0.2) is 0 Å². The summed E-state index contributed by atoms with van der Waals surface area (Å²) < 4.78 is 0. The minimum atomic E-state index is -0.636. The van der Waals surface area contributed by atoms with Gasteiger partial charge >= 0.3 is 5.97 Å². The Balaban J connectivity index is 1.93. The first kappa shape index (κ1) is 14.9. The van der Waals surface area contributed by atoms with Gasteiger partial charge in [0.1, 0.15) is 5.75 Å². The Morgan fingerprint density at radius 1 is 1.25 bits per heavy atom. The molecule has 0 spiro atoms. The summed E-state index contributed by atoms with van der Waals surface area (Å²) >= 11 is 0. The van der Waals surface area contributed by atoms with Gasteiger partial charge in [0.05, 0.1) is 5.41 Å². The number of phenolic OH excluding ortho intramolecular Hbond substituents is 1. The van der Waals surface area contributed by atoms with Crippen molar-refractivity contribution in [2.24, 2.45) is 5.41 Å². The molecule has 0 unspecified atom stereocenters. The summed E-state index contributed by atoms with van der Waals surface area (Å²) in [6.45, 7) is 4.52. The number of carboxylic acids is 1. The third kappa shape index (κ3) is 3.31. The smallest absolute Gasteiger partial charge is 0.309 e. The van der Waals surface area contributed by atoms with Crippen LogP contribution in [0, 0.1) is 5.41 Å². The summed E-state index contributed by atoms with van der Waals surface area (Å²) in [6, 6.07) is 7.22. The zero-order valence-electron chi connectivity index (χ0n) is 12.0. The number of piperidine rings is 1. The Kier molecular flexibility index (Phi) is 4.65. The van der Waals surface area contributed by atoms with Crippen LogP contribution in [0.25, 0.3) is 0 Å². The molecule has 1 aliphatic rings. The largest absolute Gasteiger partial charge is 0.508 e. The molecule has 0 saturated carbocycles. The van der Waals surface area contributed by atoms with E-state index in [0.717, 1.165) is 50.9 Å². The monoisotopic (exact) mass is 277 g/mol. The topological polar surface area (TPSA) is 60.8 Å². The lowest BCUT2D eigenvalue weighted by atomic mass is 9.75. The van der Waals surface area contributed by atoms with E-state index in [-0.39, 0.29) is 5.75 Å². The molecule has 0 atom stereocenters. The molecule has 0 radical (unpaired) electrons. The van der Waals surface area contributed by atoms with Gasteiger partial charge in [-0.15, -0.1) is 0 Å². The molecular formula is C16H23NO3. The molecule has 1 aromatic rings. The third-order valence-electron chi connectivity index (χ3n) is 4.34. The quantitative estimate of drug-likeness (QED) is 0.869. The van der Waals surface area contributed by atoms with Crippen molar-refractivity contribution in [3.63, 3.8) is 0 Å². The predicted molar refractivity (Wildman–Crippen MR) is 77.6 cm³/mol. The second-order valence-electron chi connectivity index (χ2n) is 5.78. The van der Waals surface area contributed by atoms with Crippen molar-refractivity contribution in [1.29, 1.82) is 0 Å². The maximum atomic E-state index is 11.5. The number of aliphatic carboxylic acids is 1. The summed E-state index contributed by atoms with van der Waals surface area (Å²) in [5.74, 6) is -0.358. The summed E-state index contributed by atoms with van der Waals surface area (Å²) in [4.78, 5) is 13.8. The van der Waals surface area contributed by atoms with Crippen LogP contribution in [0.5, 0.6) is 5.75 Å². The molecule has 0 aliphatic carbocycles. The van der Waals surface area contributed by atoms with E-state index in [1.165, 1.54) is 0 Å². The van der Waals surface area contributed by atoms with E-state index in [4.69, 9.17) is 0 Å². The third-order valence-corrected chi connectivity index (χ3v) is 4.34. The second-order valence-corrected chi connectivity index (χ2v) is 5.78. The van der Waals surface area contributed by atoms with Crippen molar-refractivity contribution in [2.45, 2.75) is 39.2 Å². The number of hydrogen-bond acceptors (Lipinski definition) is 3. The lowest BCUT2D eigenvalue weighted by Gasteiger charge is -2.38. The van der Waals surface area contributed by atoms with Crippen LogP contribution in [0.2, 0.25) is 0 Å². The molecular weight excluding hydrogens is 254 g/mol. The first-order valence-electron chi connectivity index (χ1n) is 7.29. The second kappa shape index (κ2) is 6.27. The Hall–Kier alpha value is -1.55. The van der Waals surface area contributed by atoms with Gasteiger partial charge in [0.2, 0.25) is 0 Å². The van der Waals surface area contributed by atoms with Crippen molar-refractivity contribution >= 4 is 5.97 Å². The lowest BCUT2D eigenvalue weighted by Crippen LogP contribution is -2.44. The van der Waals surface area contributed by atoms with E-state index in [1.807, 2.05) is 19.1 Å². The molecule has 4 heteroatoms. The fraction of sp³-hybridized carbons (Fsp3) is 0.562. The molecule has 0 bridgehead atoms. The van der Waals surface area contributed by atoms with E-state index in [9.17, 15) is 15.0 Å². The van der Waals surface area contributed by atoms with E-state index in [2.05, 4.69) is 4.90 Å². The number of nitrogens with zero attached hydrogens (tertiary/aromatic N) is 1. The molecule has 0 aromatic heterocycles. The predicted octanol–water partition coefficient (Wildman–Crippen LogP) is 2.86. The molecule has 1 saturated heterocycles. The zero-order valence-corrected chi connectivity index (χ0v) is 12.0. The number of likely N-dealkylation sites (tertiary alicyclic amines) is 1. The Labute approximate surface area is 120 Å². The first-order valence-corrected chi connectivity index (χ1v) is 7.29. The Morgan fingerprint density at radius 2 is 1.85 bits per heavy atom. The lowest BCUT2D eigenvalue weighted by molar-refractivity contribution is -0.152. The summed E-state index contributed by atoms with van der Waals surface area (Å²) in [5.41, 5.74) is 0.640. The van der Waals surface area contributed by atoms with Crippen molar-refractivity contribution in [3.05, 3.63) is 29.8 Å². The number of carboxylic acid groups (broad SMARTS) is 1. The van der Waals surface area contributed by atoms with Crippen LogP contribution in [-0.2, 0) is 11.3 Å². The Bertz CT molecular complexity index is 447. The van der Waals surface area contributed by atoms with Crippen molar-refractivity contribution < 1.29 is 15.0 Å². The molecule has 1 aliphatic heterocycles. The van der Waals surface area contributed by atoms with Gasteiger partial charge in [0.25, 0.3) is 0 Å². The van der Waals surface area contributed by atoms with Crippen LogP contribution in [0.15, 0.2) is 24.3 Å². The van der Waals surface area contributed by atoms with Gasteiger partial charge in [-0.2, -0.15) is 0 Å². The summed E-state index contributed by atoms with van der Waals surface area (Å²) in [5, 5.41) is 18.8. The van der Waals surface area contributed by atoms with Gasteiger partial charge in [-0.05, 0) is 50.0 Å². The van der Waals surface area contributed by atoms with Gasteiger partial charge in [-0.25, -0.2) is 0 Å². The number of aromatic hydroxyl groups is 1. The van der Waals surface area contributed by atoms with Crippen molar-refractivity contribution in [1.82, 2.24) is 4.90 Å². The minimum absolute atomic E-state index is 0.278. The molecule has 0 amide bonds. The standard InChI is InChI=1S/C16H23NO3/c1-2-7-16(15(19)20)8-10-17(11-9-16)12-13-3-5-14(18)6-4-13/h3-6,18H,2,7-12H2,1H3,(H,19,20). The highest BCUT2D eigenvalue weighted by atomic mass is 16.4. The molecule has 1 fully saturated rings. The number of benzene rings is 1. The van der Waals surface area contributed by atoms with Gasteiger partial charge in [-0.1, -0.05) is 25.5 Å². The van der Waals surface area contributed by atoms with Crippen LogP contribution in [-0.4, -0.2) is 34.2 Å². The maximum Gasteiger partial charge on any atom is 0.309 e. The number of rotatable bonds is 5. The molecule has 20 heavy (non-hydrogen) atoms. The van der Waals surface area contributed by atoms with E-state index < -0.39 is 11.4 Å². The van der Waals surface area contributed by atoms with Gasteiger partial charge < -0.3 is 10.2 Å². The highest BCUT2D eigenvalue weighted by molar-refractivity contribution is 5.74.